The van der Waals surface area contributed by atoms with Crippen LogP contribution in [0.15, 0.2) is 15.6 Å². The summed E-state index contributed by atoms with van der Waals surface area (Å²) in [4.78, 5) is 9.00. The second-order valence-electron chi connectivity index (χ2n) is 6.64. The van der Waals surface area contributed by atoms with Gasteiger partial charge in [0.1, 0.15) is 0 Å². The minimum absolute atomic E-state index is 0.279. The maximum Gasteiger partial charge on any atom is 0.228 e. The molecule has 0 aromatic carbocycles. The zero-order valence-corrected chi connectivity index (χ0v) is 16.5. The molecule has 0 saturated heterocycles. The van der Waals surface area contributed by atoms with Crippen LogP contribution >= 0.6 is 0 Å². The molecule has 0 saturated carbocycles. The van der Waals surface area contributed by atoms with Gasteiger partial charge in [-0.3, -0.25) is 9.67 Å². The summed E-state index contributed by atoms with van der Waals surface area (Å²) in [5, 5.41) is 15.0. The van der Waals surface area contributed by atoms with Crippen LogP contribution in [0.5, 0.6) is 0 Å². The van der Waals surface area contributed by atoms with Crippen LogP contribution in [0.3, 0.4) is 0 Å². The topological polar surface area (TPSA) is 93.2 Å². The summed E-state index contributed by atoms with van der Waals surface area (Å²) in [6.45, 7) is 13.4. The average Bonchev–Trinajstić information content (AvgIpc) is 3.18. The molecule has 0 fully saturated rings. The Hall–Kier alpha value is -2.38. The maximum atomic E-state index is 5.26. The number of aliphatic imine (C=N–C) groups is 1. The molecule has 0 bridgehead atoms. The van der Waals surface area contributed by atoms with Crippen molar-refractivity contribution in [2.45, 2.75) is 59.9 Å². The Morgan fingerprint density at radius 2 is 2.12 bits per heavy atom. The maximum absolute atomic E-state index is 5.26. The molecule has 0 aliphatic heterocycles. The highest BCUT2D eigenvalue weighted by Crippen LogP contribution is 2.09. The minimum Gasteiger partial charge on any atom is -0.357 e. The highest BCUT2D eigenvalue weighted by Gasteiger charge is 2.09. The molecule has 0 unspecified atom stereocenters. The number of aromatic nitrogens is 4. The van der Waals surface area contributed by atoms with Crippen molar-refractivity contribution in [2.75, 3.05) is 19.6 Å². The molecule has 0 radical (unpaired) electrons. The van der Waals surface area contributed by atoms with Gasteiger partial charge >= 0.3 is 0 Å². The zero-order chi connectivity index (χ0) is 18.9. The second kappa shape index (κ2) is 9.94. The van der Waals surface area contributed by atoms with Gasteiger partial charge in [-0.15, -0.1) is 0 Å². The fourth-order valence-corrected chi connectivity index (χ4v) is 2.55. The zero-order valence-electron chi connectivity index (χ0n) is 16.5. The van der Waals surface area contributed by atoms with E-state index >= 15 is 0 Å². The number of hydrogen-bond donors (Lipinski definition) is 2. The van der Waals surface area contributed by atoms with E-state index in [0.717, 1.165) is 43.5 Å². The number of rotatable bonds is 9. The highest BCUT2D eigenvalue weighted by atomic mass is 16.5. The Morgan fingerprint density at radius 1 is 1.31 bits per heavy atom. The lowest BCUT2D eigenvalue weighted by atomic mass is 10.2. The smallest absolute Gasteiger partial charge is 0.228 e. The Bertz CT molecular complexity index is 702. The minimum atomic E-state index is 0.279. The second-order valence-corrected chi connectivity index (χ2v) is 6.64. The Balaban J connectivity index is 1.75. The molecule has 8 heteroatoms. The van der Waals surface area contributed by atoms with Crippen molar-refractivity contribution in [3.05, 3.63) is 29.2 Å². The van der Waals surface area contributed by atoms with Crippen LogP contribution in [0, 0.1) is 13.8 Å². The van der Waals surface area contributed by atoms with E-state index in [0.29, 0.717) is 18.9 Å². The average molecular weight is 361 g/mol. The Kier molecular flexibility index (Phi) is 7.62. The first-order valence-electron chi connectivity index (χ1n) is 9.35. The van der Waals surface area contributed by atoms with Crippen LogP contribution in [0.4, 0.5) is 0 Å². The fourth-order valence-electron chi connectivity index (χ4n) is 2.55. The van der Waals surface area contributed by atoms with Crippen LogP contribution in [-0.2, 0) is 13.0 Å². The standard InChI is InChI=1S/C18H31N7O/c1-6-19-18(20-9-7-11-25-15(5)12-14(4)23-25)21-10-8-16-22-17(13(2)3)24-26-16/h12-13H,6-11H2,1-5H3,(H2,19,20,21). The third-order valence-electron chi connectivity index (χ3n) is 3.88. The molecule has 2 rings (SSSR count). The predicted molar refractivity (Wildman–Crippen MR) is 102 cm³/mol. The number of guanidine groups is 1. The number of hydrogen-bond acceptors (Lipinski definition) is 5. The molecule has 2 heterocycles. The molecular formula is C18H31N7O. The summed E-state index contributed by atoms with van der Waals surface area (Å²) < 4.78 is 7.29. The van der Waals surface area contributed by atoms with Crippen LogP contribution in [0.2, 0.25) is 0 Å². The van der Waals surface area contributed by atoms with E-state index in [1.54, 1.807) is 0 Å². The predicted octanol–water partition coefficient (Wildman–Crippen LogP) is 2.19. The number of aryl methyl sites for hydroxylation is 3. The summed E-state index contributed by atoms with van der Waals surface area (Å²) in [5.41, 5.74) is 2.25. The molecule has 26 heavy (non-hydrogen) atoms. The summed E-state index contributed by atoms with van der Waals surface area (Å²) in [7, 11) is 0. The van der Waals surface area contributed by atoms with Gasteiger partial charge in [-0.2, -0.15) is 10.1 Å². The van der Waals surface area contributed by atoms with Crippen LogP contribution in [-0.4, -0.2) is 45.5 Å². The van der Waals surface area contributed by atoms with Gasteiger partial charge in [0.25, 0.3) is 0 Å². The van der Waals surface area contributed by atoms with Crippen LogP contribution in [0.25, 0.3) is 0 Å². The van der Waals surface area contributed by atoms with Crippen LogP contribution < -0.4 is 10.6 Å². The third-order valence-corrected chi connectivity index (χ3v) is 3.88. The lowest BCUT2D eigenvalue weighted by Gasteiger charge is -2.10. The monoisotopic (exact) mass is 361 g/mol. The molecule has 2 aromatic heterocycles. The van der Waals surface area contributed by atoms with E-state index in [1.165, 1.54) is 5.69 Å². The van der Waals surface area contributed by atoms with E-state index in [-0.39, 0.29) is 5.92 Å². The fraction of sp³-hybridized carbons (Fsp3) is 0.667. The van der Waals surface area contributed by atoms with Gasteiger partial charge in [0, 0.05) is 44.2 Å². The lowest BCUT2D eigenvalue weighted by molar-refractivity contribution is 0.371. The summed E-state index contributed by atoms with van der Waals surface area (Å²) >= 11 is 0. The first-order valence-corrected chi connectivity index (χ1v) is 9.35. The summed E-state index contributed by atoms with van der Waals surface area (Å²) in [5.74, 6) is 2.50. The van der Waals surface area contributed by atoms with Crippen molar-refractivity contribution in [3.8, 4) is 0 Å². The van der Waals surface area contributed by atoms with Crippen molar-refractivity contribution in [2.24, 2.45) is 4.99 Å². The molecule has 0 spiro atoms. The lowest BCUT2D eigenvalue weighted by Crippen LogP contribution is -2.38. The van der Waals surface area contributed by atoms with Gasteiger partial charge in [-0.25, -0.2) is 0 Å². The molecule has 2 N–H and O–H groups in total. The van der Waals surface area contributed by atoms with Crippen molar-refractivity contribution in [1.82, 2.24) is 30.6 Å². The van der Waals surface area contributed by atoms with E-state index in [2.05, 4.69) is 64.6 Å². The molecule has 0 atom stereocenters. The summed E-state index contributed by atoms with van der Waals surface area (Å²) in [6, 6.07) is 2.09. The van der Waals surface area contributed by atoms with Gasteiger partial charge in [-0.05, 0) is 33.3 Å². The largest absolute Gasteiger partial charge is 0.357 e. The van der Waals surface area contributed by atoms with E-state index < -0.39 is 0 Å². The Labute approximate surface area is 155 Å². The SMILES string of the molecule is CCNC(=NCCCn1nc(C)cc1C)NCCc1nc(C(C)C)no1. The van der Waals surface area contributed by atoms with Crippen molar-refractivity contribution < 1.29 is 4.52 Å². The first-order chi connectivity index (χ1) is 12.5. The van der Waals surface area contributed by atoms with Gasteiger partial charge in [0.15, 0.2) is 11.8 Å². The van der Waals surface area contributed by atoms with E-state index in [1.807, 2.05) is 11.6 Å². The highest BCUT2D eigenvalue weighted by molar-refractivity contribution is 5.79. The van der Waals surface area contributed by atoms with Gasteiger partial charge in [-0.1, -0.05) is 19.0 Å². The van der Waals surface area contributed by atoms with E-state index in [4.69, 9.17) is 4.52 Å². The molecule has 0 aliphatic rings. The number of nitrogens with one attached hydrogen (secondary N) is 2. The summed E-state index contributed by atoms with van der Waals surface area (Å²) in [6.07, 6.45) is 1.62. The van der Waals surface area contributed by atoms with E-state index in [9.17, 15) is 0 Å². The van der Waals surface area contributed by atoms with Crippen molar-refractivity contribution in [1.29, 1.82) is 0 Å². The first kappa shape index (κ1) is 19.9. The van der Waals surface area contributed by atoms with Gasteiger partial charge < -0.3 is 15.2 Å². The molecular weight excluding hydrogens is 330 g/mol. The number of nitrogens with zero attached hydrogens (tertiary/aromatic N) is 5. The normalized spacial score (nSPS) is 12.0. The quantitative estimate of drug-likeness (QED) is 0.404. The Morgan fingerprint density at radius 3 is 2.73 bits per heavy atom. The van der Waals surface area contributed by atoms with Crippen molar-refractivity contribution >= 4 is 5.96 Å². The van der Waals surface area contributed by atoms with Crippen LogP contribution in [0.1, 0.15) is 56.2 Å². The van der Waals surface area contributed by atoms with Crippen molar-refractivity contribution in [3.63, 3.8) is 0 Å². The molecule has 0 amide bonds. The van der Waals surface area contributed by atoms with Gasteiger partial charge in [0.2, 0.25) is 5.89 Å². The molecule has 144 valence electrons. The molecule has 2 aromatic rings. The molecule has 0 aliphatic carbocycles. The third kappa shape index (κ3) is 6.16. The molecule has 8 nitrogen and oxygen atoms in total. The van der Waals surface area contributed by atoms with Gasteiger partial charge in [0.05, 0.1) is 5.69 Å².